The summed E-state index contributed by atoms with van der Waals surface area (Å²) in [4.78, 5) is 10.5. The molecule has 0 aliphatic heterocycles. The minimum Gasteiger partial charge on any atom is -0.368 e. The summed E-state index contributed by atoms with van der Waals surface area (Å²) in [5.41, 5.74) is 6.51. The molecule has 0 aliphatic rings. The number of rotatable bonds is 3. The Morgan fingerprint density at radius 2 is 2.33 bits per heavy atom. The fourth-order valence-corrected chi connectivity index (χ4v) is 2.58. The van der Waals surface area contributed by atoms with Crippen molar-refractivity contribution in [1.82, 2.24) is 15.1 Å². The number of thiophene rings is 1. The van der Waals surface area contributed by atoms with Crippen LogP contribution in [-0.4, -0.2) is 15.1 Å². The fourth-order valence-electron chi connectivity index (χ4n) is 1.70. The third kappa shape index (κ3) is 2.00. The molecular formula is C11H11N5OS. The predicted molar refractivity (Wildman–Crippen MR) is 70.4 cm³/mol. The van der Waals surface area contributed by atoms with Gasteiger partial charge in [-0.25, -0.2) is 4.98 Å². The molecular weight excluding hydrogens is 250 g/mol. The normalized spacial score (nSPS) is 10.9. The molecule has 3 aromatic heterocycles. The van der Waals surface area contributed by atoms with Crippen LogP contribution in [0.3, 0.4) is 0 Å². The van der Waals surface area contributed by atoms with Gasteiger partial charge in [0.15, 0.2) is 0 Å². The highest BCUT2D eigenvalue weighted by atomic mass is 32.1. The van der Waals surface area contributed by atoms with E-state index in [1.54, 1.807) is 17.4 Å². The van der Waals surface area contributed by atoms with Crippen molar-refractivity contribution < 1.29 is 4.52 Å². The van der Waals surface area contributed by atoms with Gasteiger partial charge in [-0.2, -0.15) is 4.98 Å². The van der Waals surface area contributed by atoms with Crippen LogP contribution in [0, 0.1) is 6.92 Å². The lowest BCUT2D eigenvalue weighted by atomic mass is 10.3. The molecule has 0 spiro atoms. The van der Waals surface area contributed by atoms with Crippen molar-refractivity contribution in [2.45, 2.75) is 13.5 Å². The number of anilines is 2. The zero-order valence-corrected chi connectivity index (χ0v) is 10.5. The molecule has 0 bridgehead atoms. The van der Waals surface area contributed by atoms with Gasteiger partial charge in [0.2, 0.25) is 5.95 Å². The van der Waals surface area contributed by atoms with E-state index >= 15 is 0 Å². The predicted octanol–water partition coefficient (Wildman–Crippen LogP) is 2.18. The number of hydrogen-bond donors (Lipinski definition) is 2. The molecule has 0 radical (unpaired) electrons. The van der Waals surface area contributed by atoms with Crippen molar-refractivity contribution in [1.29, 1.82) is 0 Å². The van der Waals surface area contributed by atoms with Crippen LogP contribution in [0.15, 0.2) is 22.9 Å². The number of nitrogen functional groups attached to an aromatic ring is 1. The molecule has 0 fully saturated rings. The number of nitrogens with one attached hydrogen (secondary N) is 1. The van der Waals surface area contributed by atoms with Crippen LogP contribution >= 0.6 is 11.3 Å². The smallest absolute Gasteiger partial charge is 0.223 e. The highest BCUT2D eigenvalue weighted by molar-refractivity contribution is 7.18. The summed E-state index contributed by atoms with van der Waals surface area (Å²) in [7, 11) is 0. The lowest BCUT2D eigenvalue weighted by Crippen LogP contribution is -2.04. The lowest BCUT2D eigenvalue weighted by Gasteiger charge is -2.05. The largest absolute Gasteiger partial charge is 0.368 e. The first kappa shape index (κ1) is 11.0. The molecule has 3 aromatic rings. The van der Waals surface area contributed by atoms with Crippen LogP contribution in [-0.2, 0) is 6.54 Å². The number of aromatic nitrogens is 3. The summed E-state index contributed by atoms with van der Waals surface area (Å²) in [6, 6.07) is 3.85. The molecule has 18 heavy (non-hydrogen) atoms. The number of nitrogens with zero attached hydrogens (tertiary/aromatic N) is 3. The minimum absolute atomic E-state index is 0.270. The van der Waals surface area contributed by atoms with Gasteiger partial charge in [-0.3, -0.25) is 0 Å². The molecule has 3 N–H and O–H groups in total. The topological polar surface area (TPSA) is 89.9 Å². The van der Waals surface area contributed by atoms with Crippen LogP contribution < -0.4 is 11.1 Å². The van der Waals surface area contributed by atoms with Crippen molar-refractivity contribution >= 4 is 33.3 Å². The second-order valence-electron chi connectivity index (χ2n) is 3.85. The molecule has 7 heteroatoms. The van der Waals surface area contributed by atoms with Gasteiger partial charge in [0.25, 0.3) is 0 Å². The van der Waals surface area contributed by atoms with E-state index in [2.05, 4.69) is 20.4 Å². The summed E-state index contributed by atoms with van der Waals surface area (Å²) >= 11 is 1.60. The Labute approximate surface area is 107 Å². The van der Waals surface area contributed by atoms with Gasteiger partial charge in [-0.05, 0) is 13.0 Å². The molecule has 0 atom stereocenters. The van der Waals surface area contributed by atoms with Gasteiger partial charge in [0.05, 0.1) is 11.9 Å². The Hall–Kier alpha value is -2.15. The van der Waals surface area contributed by atoms with Gasteiger partial charge in [-0.15, -0.1) is 11.3 Å². The van der Waals surface area contributed by atoms with Crippen LogP contribution in [0.4, 0.5) is 11.8 Å². The van der Waals surface area contributed by atoms with E-state index in [0.717, 1.165) is 21.7 Å². The molecule has 0 amide bonds. The lowest BCUT2D eigenvalue weighted by molar-refractivity contribution is 0.412. The first-order chi connectivity index (χ1) is 8.72. The van der Waals surface area contributed by atoms with Gasteiger partial charge in [0.1, 0.15) is 22.6 Å². The molecule has 3 heterocycles. The van der Waals surface area contributed by atoms with Crippen LogP contribution in [0.2, 0.25) is 0 Å². The standard InChI is InChI=1S/C11H11N5OS/c1-6-4-8-9(13-5-7-2-3-17-16-7)14-11(12)15-10(8)18-6/h2-4H,5H2,1H3,(H3,12,13,14,15). The molecule has 92 valence electrons. The van der Waals surface area contributed by atoms with Gasteiger partial charge in [0, 0.05) is 10.9 Å². The Bertz CT molecular complexity index is 676. The quantitative estimate of drug-likeness (QED) is 0.751. The van der Waals surface area contributed by atoms with Crippen molar-refractivity contribution in [3.8, 4) is 0 Å². The minimum atomic E-state index is 0.270. The number of aryl methyl sites for hydroxylation is 1. The van der Waals surface area contributed by atoms with Crippen molar-refractivity contribution in [2.75, 3.05) is 11.1 Å². The summed E-state index contributed by atoms with van der Waals surface area (Å²) in [6.07, 6.45) is 1.54. The third-order valence-electron chi connectivity index (χ3n) is 2.46. The maximum absolute atomic E-state index is 5.69. The first-order valence-corrected chi connectivity index (χ1v) is 6.21. The van der Waals surface area contributed by atoms with E-state index in [0.29, 0.717) is 6.54 Å². The van der Waals surface area contributed by atoms with E-state index in [4.69, 9.17) is 10.3 Å². The average Bonchev–Trinajstić information content (AvgIpc) is 2.93. The summed E-state index contributed by atoms with van der Waals surface area (Å²) < 4.78 is 4.77. The summed E-state index contributed by atoms with van der Waals surface area (Å²) in [5.74, 6) is 0.997. The Morgan fingerprint density at radius 3 is 3.11 bits per heavy atom. The molecule has 3 rings (SSSR count). The third-order valence-corrected chi connectivity index (χ3v) is 3.41. The molecule has 0 unspecified atom stereocenters. The second-order valence-corrected chi connectivity index (χ2v) is 5.09. The van der Waals surface area contributed by atoms with Crippen LogP contribution in [0.25, 0.3) is 10.2 Å². The second kappa shape index (κ2) is 4.26. The Kier molecular flexibility index (Phi) is 2.60. The fraction of sp³-hybridized carbons (Fsp3) is 0.182. The zero-order valence-electron chi connectivity index (χ0n) is 9.67. The molecule has 0 saturated heterocycles. The monoisotopic (exact) mass is 261 g/mol. The highest BCUT2D eigenvalue weighted by Crippen LogP contribution is 2.29. The van der Waals surface area contributed by atoms with E-state index in [-0.39, 0.29) is 5.95 Å². The van der Waals surface area contributed by atoms with E-state index in [9.17, 15) is 0 Å². The Morgan fingerprint density at radius 1 is 1.44 bits per heavy atom. The SMILES string of the molecule is Cc1cc2c(NCc3ccon3)nc(N)nc2s1. The van der Waals surface area contributed by atoms with Gasteiger partial charge < -0.3 is 15.6 Å². The maximum Gasteiger partial charge on any atom is 0.223 e. The van der Waals surface area contributed by atoms with Crippen molar-refractivity contribution in [2.24, 2.45) is 0 Å². The zero-order chi connectivity index (χ0) is 12.5. The number of fused-ring (bicyclic) bond motifs is 1. The van der Waals surface area contributed by atoms with Crippen LogP contribution in [0.5, 0.6) is 0 Å². The molecule has 6 nitrogen and oxygen atoms in total. The van der Waals surface area contributed by atoms with Gasteiger partial charge in [-0.1, -0.05) is 5.16 Å². The van der Waals surface area contributed by atoms with E-state index in [1.807, 2.05) is 13.0 Å². The summed E-state index contributed by atoms with van der Waals surface area (Å²) in [5, 5.41) is 8.01. The molecule has 0 aromatic carbocycles. The molecule has 0 aliphatic carbocycles. The Balaban J connectivity index is 1.95. The maximum atomic E-state index is 5.69. The van der Waals surface area contributed by atoms with Crippen LogP contribution in [0.1, 0.15) is 10.6 Å². The number of hydrogen-bond acceptors (Lipinski definition) is 7. The number of nitrogens with two attached hydrogens (primary N) is 1. The van der Waals surface area contributed by atoms with E-state index < -0.39 is 0 Å². The van der Waals surface area contributed by atoms with Crippen molar-refractivity contribution in [3.63, 3.8) is 0 Å². The van der Waals surface area contributed by atoms with E-state index in [1.165, 1.54) is 11.1 Å². The molecule has 0 saturated carbocycles. The first-order valence-electron chi connectivity index (χ1n) is 5.39. The average molecular weight is 261 g/mol. The highest BCUT2D eigenvalue weighted by Gasteiger charge is 2.09. The summed E-state index contributed by atoms with van der Waals surface area (Å²) in [6.45, 7) is 2.57. The van der Waals surface area contributed by atoms with Gasteiger partial charge >= 0.3 is 0 Å². The van der Waals surface area contributed by atoms with Crippen molar-refractivity contribution in [3.05, 3.63) is 29.0 Å².